The summed E-state index contributed by atoms with van der Waals surface area (Å²) in [5.74, 6) is 0. The van der Waals surface area contributed by atoms with Crippen molar-refractivity contribution in [2.75, 3.05) is 5.43 Å². The van der Waals surface area contributed by atoms with E-state index < -0.39 is 0 Å². The maximum Gasteiger partial charge on any atom is 0.0991 e. The van der Waals surface area contributed by atoms with Crippen molar-refractivity contribution in [3.8, 4) is 6.07 Å². The summed E-state index contributed by atoms with van der Waals surface area (Å²) in [6.45, 7) is 1.92. The number of nitrogens with zero attached hydrogens (tertiary/aromatic N) is 2. The molecular weight excluding hydrogens is 302 g/mol. The lowest BCUT2D eigenvalue weighted by molar-refractivity contribution is 1.32. The Morgan fingerprint density at radius 3 is 2.32 bits per heavy atom. The normalized spacial score (nSPS) is 10.9. The summed E-state index contributed by atoms with van der Waals surface area (Å²) in [6.07, 6.45) is 0. The number of benzene rings is 2. The van der Waals surface area contributed by atoms with E-state index in [4.69, 9.17) is 5.26 Å². The van der Waals surface area contributed by atoms with Crippen LogP contribution in [0.3, 0.4) is 0 Å². The quantitative estimate of drug-likeness (QED) is 0.683. The zero-order chi connectivity index (χ0) is 13.7. The Morgan fingerprint density at radius 1 is 1.11 bits per heavy atom. The molecule has 0 atom stereocenters. The maximum absolute atomic E-state index is 8.75. The van der Waals surface area contributed by atoms with E-state index in [0.717, 1.165) is 21.4 Å². The van der Waals surface area contributed by atoms with Crippen LogP contribution in [0.5, 0.6) is 0 Å². The fourth-order valence-electron chi connectivity index (χ4n) is 1.52. The largest absolute Gasteiger partial charge is 0.278 e. The van der Waals surface area contributed by atoms with Crippen molar-refractivity contribution in [1.82, 2.24) is 0 Å². The lowest BCUT2D eigenvalue weighted by Gasteiger charge is -2.04. The second-order valence-electron chi connectivity index (χ2n) is 4.01. The second-order valence-corrected chi connectivity index (χ2v) is 4.92. The van der Waals surface area contributed by atoms with Gasteiger partial charge in [0, 0.05) is 4.47 Å². The van der Waals surface area contributed by atoms with Gasteiger partial charge in [-0.1, -0.05) is 28.1 Å². The van der Waals surface area contributed by atoms with Crippen molar-refractivity contribution >= 4 is 27.3 Å². The number of anilines is 1. The molecule has 0 aliphatic carbocycles. The van der Waals surface area contributed by atoms with Gasteiger partial charge in [0.25, 0.3) is 0 Å². The van der Waals surface area contributed by atoms with Gasteiger partial charge in [-0.15, -0.1) is 0 Å². The van der Waals surface area contributed by atoms with Gasteiger partial charge in [0.2, 0.25) is 0 Å². The summed E-state index contributed by atoms with van der Waals surface area (Å²) in [5, 5.41) is 13.1. The fraction of sp³-hybridized carbons (Fsp3) is 0.0667. The van der Waals surface area contributed by atoms with E-state index >= 15 is 0 Å². The van der Waals surface area contributed by atoms with E-state index in [1.807, 2.05) is 43.3 Å². The van der Waals surface area contributed by atoms with E-state index in [1.54, 1.807) is 12.1 Å². The first-order chi connectivity index (χ1) is 9.19. The molecule has 0 amide bonds. The average molecular weight is 314 g/mol. The molecule has 2 aromatic carbocycles. The Labute approximate surface area is 120 Å². The van der Waals surface area contributed by atoms with Crippen LogP contribution < -0.4 is 5.43 Å². The number of nitriles is 1. The molecule has 0 heterocycles. The highest BCUT2D eigenvalue weighted by Crippen LogP contribution is 2.14. The molecule has 2 aromatic rings. The minimum atomic E-state index is 0.650. The van der Waals surface area contributed by atoms with Crippen molar-refractivity contribution in [2.45, 2.75) is 6.92 Å². The Morgan fingerprint density at radius 2 is 1.74 bits per heavy atom. The summed E-state index contributed by atoms with van der Waals surface area (Å²) in [6, 6.07) is 17.2. The number of hydrogen-bond donors (Lipinski definition) is 1. The number of hydrazone groups is 1. The molecule has 4 heteroatoms. The molecule has 19 heavy (non-hydrogen) atoms. The zero-order valence-corrected chi connectivity index (χ0v) is 12.0. The van der Waals surface area contributed by atoms with Crippen LogP contribution in [0, 0.1) is 11.3 Å². The number of halogens is 1. The zero-order valence-electron chi connectivity index (χ0n) is 10.4. The van der Waals surface area contributed by atoms with E-state index in [-0.39, 0.29) is 0 Å². The Hall–Kier alpha value is -2.12. The van der Waals surface area contributed by atoms with Gasteiger partial charge >= 0.3 is 0 Å². The lowest BCUT2D eigenvalue weighted by atomic mass is 10.1. The molecule has 0 fully saturated rings. The minimum absolute atomic E-state index is 0.650. The van der Waals surface area contributed by atoms with E-state index in [9.17, 15) is 0 Å². The SMILES string of the molecule is C/C(=N/Nc1ccc(Br)cc1)c1ccc(C#N)cc1. The molecule has 0 radical (unpaired) electrons. The molecule has 94 valence electrons. The van der Waals surface area contributed by atoms with Crippen LogP contribution in [-0.2, 0) is 0 Å². The fourth-order valence-corrected chi connectivity index (χ4v) is 1.79. The van der Waals surface area contributed by atoms with Gasteiger partial charge in [0.1, 0.15) is 0 Å². The third kappa shape index (κ3) is 3.67. The molecule has 3 nitrogen and oxygen atoms in total. The highest BCUT2D eigenvalue weighted by Gasteiger charge is 1.98. The maximum atomic E-state index is 8.75. The second kappa shape index (κ2) is 6.17. The van der Waals surface area contributed by atoms with Crippen molar-refractivity contribution < 1.29 is 0 Å². The first kappa shape index (κ1) is 13.3. The topological polar surface area (TPSA) is 48.2 Å². The average Bonchev–Trinajstić information content (AvgIpc) is 2.46. The molecule has 0 aromatic heterocycles. The molecule has 0 bridgehead atoms. The third-order valence-corrected chi connectivity index (χ3v) is 3.16. The molecule has 2 rings (SSSR count). The van der Waals surface area contributed by atoms with Crippen LogP contribution in [0.1, 0.15) is 18.1 Å². The Bertz CT molecular complexity index is 622. The van der Waals surface area contributed by atoms with Gasteiger partial charge in [-0.05, 0) is 48.9 Å². The van der Waals surface area contributed by atoms with Gasteiger partial charge in [0.05, 0.1) is 23.0 Å². The van der Waals surface area contributed by atoms with E-state index in [2.05, 4.69) is 32.5 Å². The predicted octanol–water partition coefficient (Wildman–Crippen LogP) is 4.16. The first-order valence-electron chi connectivity index (χ1n) is 5.75. The van der Waals surface area contributed by atoms with Crippen LogP contribution in [0.25, 0.3) is 0 Å². The van der Waals surface area contributed by atoms with Crippen LogP contribution in [0.2, 0.25) is 0 Å². The summed E-state index contributed by atoms with van der Waals surface area (Å²) >= 11 is 3.39. The lowest BCUT2D eigenvalue weighted by Crippen LogP contribution is -1.99. The van der Waals surface area contributed by atoms with Gasteiger partial charge in [-0.3, -0.25) is 5.43 Å². The molecule has 0 saturated carbocycles. The Kier molecular flexibility index (Phi) is 4.32. The van der Waals surface area contributed by atoms with Crippen LogP contribution in [0.15, 0.2) is 58.1 Å². The monoisotopic (exact) mass is 313 g/mol. The van der Waals surface area contributed by atoms with Gasteiger partial charge in [0.15, 0.2) is 0 Å². The molecule has 0 unspecified atom stereocenters. The van der Waals surface area contributed by atoms with Gasteiger partial charge < -0.3 is 0 Å². The van der Waals surface area contributed by atoms with E-state index in [1.165, 1.54) is 0 Å². The summed E-state index contributed by atoms with van der Waals surface area (Å²) in [4.78, 5) is 0. The van der Waals surface area contributed by atoms with Crippen molar-refractivity contribution in [3.05, 3.63) is 64.1 Å². The molecule has 0 aliphatic rings. The summed E-state index contributed by atoms with van der Waals surface area (Å²) in [5.41, 5.74) is 6.44. The van der Waals surface area contributed by atoms with Gasteiger partial charge in [-0.2, -0.15) is 10.4 Å². The van der Waals surface area contributed by atoms with Crippen LogP contribution in [0.4, 0.5) is 5.69 Å². The molecule has 0 spiro atoms. The minimum Gasteiger partial charge on any atom is -0.278 e. The first-order valence-corrected chi connectivity index (χ1v) is 6.55. The predicted molar refractivity (Wildman–Crippen MR) is 81.1 cm³/mol. The van der Waals surface area contributed by atoms with E-state index in [0.29, 0.717) is 5.56 Å². The number of hydrogen-bond acceptors (Lipinski definition) is 3. The van der Waals surface area contributed by atoms with Crippen molar-refractivity contribution in [2.24, 2.45) is 5.10 Å². The number of nitrogens with one attached hydrogen (secondary N) is 1. The van der Waals surface area contributed by atoms with Crippen molar-refractivity contribution in [1.29, 1.82) is 5.26 Å². The van der Waals surface area contributed by atoms with Crippen LogP contribution in [-0.4, -0.2) is 5.71 Å². The molecule has 0 aliphatic heterocycles. The third-order valence-electron chi connectivity index (χ3n) is 2.63. The Balaban J connectivity index is 2.10. The van der Waals surface area contributed by atoms with Crippen molar-refractivity contribution in [3.63, 3.8) is 0 Å². The number of rotatable bonds is 3. The van der Waals surface area contributed by atoms with Crippen LogP contribution >= 0.6 is 15.9 Å². The molecule has 0 saturated heterocycles. The smallest absolute Gasteiger partial charge is 0.0991 e. The molecular formula is C15H12BrN3. The highest BCUT2D eigenvalue weighted by atomic mass is 79.9. The molecule has 1 N–H and O–H groups in total. The standard InChI is InChI=1S/C15H12BrN3/c1-11(13-4-2-12(10-17)3-5-13)18-19-15-8-6-14(16)7-9-15/h2-9,19H,1H3/b18-11-. The summed E-state index contributed by atoms with van der Waals surface area (Å²) < 4.78 is 1.03. The van der Waals surface area contributed by atoms with Gasteiger partial charge in [-0.25, -0.2) is 0 Å². The summed E-state index contributed by atoms with van der Waals surface area (Å²) in [7, 11) is 0. The highest BCUT2D eigenvalue weighted by molar-refractivity contribution is 9.10.